The molecule has 0 aliphatic rings. The number of fused-ring (bicyclic) bond motifs is 1. The minimum Gasteiger partial charge on any atom is -0.358 e. The van der Waals surface area contributed by atoms with Crippen molar-refractivity contribution in [2.24, 2.45) is 5.10 Å². The summed E-state index contributed by atoms with van der Waals surface area (Å²) in [6.07, 6.45) is 1.64. The predicted octanol–water partition coefficient (Wildman–Crippen LogP) is 3.89. The minimum atomic E-state index is -0.334. The highest BCUT2D eigenvalue weighted by molar-refractivity contribution is 6.33. The van der Waals surface area contributed by atoms with Crippen molar-refractivity contribution in [1.29, 1.82) is 0 Å². The number of aromatic nitrogens is 1. The van der Waals surface area contributed by atoms with E-state index in [0.29, 0.717) is 10.6 Å². The van der Waals surface area contributed by atoms with Crippen LogP contribution in [0.2, 0.25) is 5.02 Å². The van der Waals surface area contributed by atoms with Crippen LogP contribution in [0.25, 0.3) is 10.9 Å². The maximum absolute atomic E-state index is 12.0. The summed E-state index contributed by atoms with van der Waals surface area (Å²) >= 11 is 5.98. The third-order valence-corrected chi connectivity index (χ3v) is 3.75. The molecular formula is C17H14ClN3O. The predicted molar refractivity (Wildman–Crippen MR) is 89.5 cm³/mol. The van der Waals surface area contributed by atoms with Gasteiger partial charge in [0.15, 0.2) is 0 Å². The van der Waals surface area contributed by atoms with Crippen molar-refractivity contribution in [2.75, 3.05) is 0 Å². The molecule has 110 valence electrons. The normalized spacial score (nSPS) is 11.2. The SMILES string of the molecule is Cc1[nH]c2ccccc2c1/C=N/NC(=O)c1ccccc1Cl. The summed E-state index contributed by atoms with van der Waals surface area (Å²) in [6, 6.07) is 14.8. The first-order valence-electron chi connectivity index (χ1n) is 6.82. The molecule has 3 aromatic rings. The van der Waals surface area contributed by atoms with Crippen LogP contribution in [-0.4, -0.2) is 17.1 Å². The quantitative estimate of drug-likeness (QED) is 0.559. The highest BCUT2D eigenvalue weighted by Gasteiger charge is 2.09. The Hall–Kier alpha value is -2.59. The molecule has 2 N–H and O–H groups in total. The van der Waals surface area contributed by atoms with E-state index in [1.165, 1.54) is 0 Å². The summed E-state index contributed by atoms with van der Waals surface area (Å²) in [4.78, 5) is 15.3. The van der Waals surface area contributed by atoms with E-state index in [9.17, 15) is 4.79 Å². The second-order valence-corrected chi connectivity index (χ2v) is 5.30. The van der Waals surface area contributed by atoms with Crippen LogP contribution in [-0.2, 0) is 0 Å². The van der Waals surface area contributed by atoms with Crippen LogP contribution in [0.15, 0.2) is 53.6 Å². The van der Waals surface area contributed by atoms with Gasteiger partial charge in [-0.15, -0.1) is 0 Å². The Morgan fingerprint density at radius 3 is 2.73 bits per heavy atom. The lowest BCUT2D eigenvalue weighted by Crippen LogP contribution is -2.18. The van der Waals surface area contributed by atoms with Crippen LogP contribution < -0.4 is 5.43 Å². The molecule has 5 heteroatoms. The Balaban J connectivity index is 1.81. The van der Waals surface area contributed by atoms with E-state index >= 15 is 0 Å². The van der Waals surface area contributed by atoms with Gasteiger partial charge in [0, 0.05) is 22.2 Å². The molecule has 0 spiro atoms. The molecule has 2 aromatic carbocycles. The number of rotatable bonds is 3. The Kier molecular flexibility index (Phi) is 3.94. The first-order valence-corrected chi connectivity index (χ1v) is 7.20. The van der Waals surface area contributed by atoms with E-state index in [1.54, 1.807) is 30.5 Å². The van der Waals surface area contributed by atoms with Crippen LogP contribution in [0.4, 0.5) is 0 Å². The third kappa shape index (κ3) is 2.73. The maximum atomic E-state index is 12.0. The summed E-state index contributed by atoms with van der Waals surface area (Å²) in [5, 5.41) is 5.51. The number of halogens is 1. The summed E-state index contributed by atoms with van der Waals surface area (Å²) in [7, 11) is 0. The van der Waals surface area contributed by atoms with E-state index in [2.05, 4.69) is 15.5 Å². The Labute approximate surface area is 132 Å². The molecular weight excluding hydrogens is 298 g/mol. The molecule has 0 saturated carbocycles. The number of nitrogens with one attached hydrogen (secondary N) is 2. The van der Waals surface area contributed by atoms with Crippen molar-refractivity contribution < 1.29 is 4.79 Å². The number of H-pyrrole nitrogens is 1. The number of carbonyl (C=O) groups excluding carboxylic acids is 1. The first kappa shape index (κ1) is 14.4. The van der Waals surface area contributed by atoms with Gasteiger partial charge in [-0.05, 0) is 25.1 Å². The number of hydrogen-bond donors (Lipinski definition) is 2. The molecule has 1 heterocycles. The average Bonchev–Trinajstić information content (AvgIpc) is 2.83. The molecule has 22 heavy (non-hydrogen) atoms. The molecule has 0 aliphatic heterocycles. The van der Waals surface area contributed by atoms with Crippen LogP contribution in [0, 0.1) is 6.92 Å². The summed E-state index contributed by atoms with van der Waals surface area (Å²) in [6.45, 7) is 1.97. The Morgan fingerprint density at radius 2 is 1.91 bits per heavy atom. The fourth-order valence-electron chi connectivity index (χ4n) is 2.33. The zero-order chi connectivity index (χ0) is 15.5. The van der Waals surface area contributed by atoms with Gasteiger partial charge < -0.3 is 4.98 Å². The van der Waals surface area contributed by atoms with E-state index in [-0.39, 0.29) is 5.91 Å². The monoisotopic (exact) mass is 311 g/mol. The molecule has 0 aliphatic carbocycles. The van der Waals surface area contributed by atoms with Crippen LogP contribution >= 0.6 is 11.6 Å². The van der Waals surface area contributed by atoms with Crippen LogP contribution in [0.1, 0.15) is 21.6 Å². The fourth-order valence-corrected chi connectivity index (χ4v) is 2.55. The number of benzene rings is 2. The molecule has 3 rings (SSSR count). The number of aromatic amines is 1. The molecule has 0 saturated heterocycles. The van der Waals surface area contributed by atoms with Crippen molar-refractivity contribution >= 4 is 34.6 Å². The third-order valence-electron chi connectivity index (χ3n) is 3.42. The molecule has 0 bridgehead atoms. The van der Waals surface area contributed by atoms with Crippen molar-refractivity contribution in [3.8, 4) is 0 Å². The minimum absolute atomic E-state index is 0.334. The number of hydrogen-bond acceptors (Lipinski definition) is 2. The van der Waals surface area contributed by atoms with Gasteiger partial charge in [0.2, 0.25) is 0 Å². The molecule has 1 amide bonds. The van der Waals surface area contributed by atoms with Crippen molar-refractivity contribution in [1.82, 2.24) is 10.4 Å². The number of aryl methyl sites for hydroxylation is 1. The lowest BCUT2D eigenvalue weighted by molar-refractivity contribution is 0.0955. The molecule has 0 atom stereocenters. The number of amides is 1. The molecule has 0 fully saturated rings. The van der Waals surface area contributed by atoms with E-state index in [1.807, 2.05) is 31.2 Å². The second kappa shape index (κ2) is 6.03. The highest BCUT2D eigenvalue weighted by Crippen LogP contribution is 2.20. The topological polar surface area (TPSA) is 57.2 Å². The number of carbonyl (C=O) groups is 1. The number of nitrogens with zero attached hydrogens (tertiary/aromatic N) is 1. The van der Waals surface area contributed by atoms with Gasteiger partial charge in [-0.1, -0.05) is 41.9 Å². The Bertz CT molecular complexity index is 867. The fraction of sp³-hybridized carbons (Fsp3) is 0.0588. The smallest absolute Gasteiger partial charge is 0.272 e. The second-order valence-electron chi connectivity index (χ2n) is 4.89. The number of hydrazone groups is 1. The van der Waals surface area contributed by atoms with Crippen molar-refractivity contribution in [2.45, 2.75) is 6.92 Å². The summed E-state index contributed by atoms with van der Waals surface area (Å²) < 4.78 is 0. The van der Waals surface area contributed by atoms with Gasteiger partial charge in [-0.2, -0.15) is 5.10 Å². The van der Waals surface area contributed by atoms with Gasteiger partial charge in [-0.25, -0.2) is 5.43 Å². The van der Waals surface area contributed by atoms with Crippen molar-refractivity contribution in [3.63, 3.8) is 0 Å². The zero-order valence-corrected chi connectivity index (χ0v) is 12.7. The summed E-state index contributed by atoms with van der Waals surface area (Å²) in [5.41, 5.74) is 5.89. The standard InChI is InChI=1S/C17H14ClN3O/c1-11-14(12-6-3-5-9-16(12)20-11)10-19-21-17(22)13-7-2-4-8-15(13)18/h2-10,20H,1H3,(H,21,22)/b19-10+. The Morgan fingerprint density at radius 1 is 1.18 bits per heavy atom. The summed E-state index contributed by atoms with van der Waals surface area (Å²) in [5.74, 6) is -0.334. The zero-order valence-electron chi connectivity index (χ0n) is 11.9. The van der Waals surface area contributed by atoms with Crippen LogP contribution in [0.5, 0.6) is 0 Å². The molecule has 0 radical (unpaired) electrons. The van der Waals surface area contributed by atoms with E-state index in [4.69, 9.17) is 11.6 Å². The van der Waals surface area contributed by atoms with Gasteiger partial charge in [0.25, 0.3) is 5.91 Å². The van der Waals surface area contributed by atoms with Gasteiger partial charge in [0.05, 0.1) is 16.8 Å². The van der Waals surface area contributed by atoms with E-state index < -0.39 is 0 Å². The lowest BCUT2D eigenvalue weighted by Gasteiger charge is -2.01. The number of para-hydroxylation sites is 1. The van der Waals surface area contributed by atoms with Gasteiger partial charge in [0.1, 0.15) is 0 Å². The molecule has 0 unspecified atom stereocenters. The van der Waals surface area contributed by atoms with Crippen LogP contribution in [0.3, 0.4) is 0 Å². The molecule has 1 aromatic heterocycles. The average molecular weight is 312 g/mol. The maximum Gasteiger partial charge on any atom is 0.272 e. The van der Waals surface area contributed by atoms with Gasteiger partial charge >= 0.3 is 0 Å². The van der Waals surface area contributed by atoms with Gasteiger partial charge in [-0.3, -0.25) is 4.79 Å². The largest absolute Gasteiger partial charge is 0.358 e. The van der Waals surface area contributed by atoms with Crippen molar-refractivity contribution in [3.05, 3.63) is 70.4 Å². The lowest BCUT2D eigenvalue weighted by atomic mass is 10.1. The molecule has 4 nitrogen and oxygen atoms in total. The highest BCUT2D eigenvalue weighted by atomic mass is 35.5. The van der Waals surface area contributed by atoms with E-state index in [0.717, 1.165) is 22.2 Å². The first-order chi connectivity index (χ1) is 10.7.